The first-order valence-electron chi connectivity index (χ1n) is 4.65. The molecule has 0 unspecified atom stereocenters. The second kappa shape index (κ2) is 4.45. The van der Waals surface area contributed by atoms with Crippen molar-refractivity contribution in [3.63, 3.8) is 0 Å². The van der Waals surface area contributed by atoms with Crippen LogP contribution in [0, 0.1) is 5.92 Å². The topological polar surface area (TPSA) is 32.3 Å². The Morgan fingerprint density at radius 3 is 3.08 bits per heavy atom. The van der Waals surface area contributed by atoms with Crippen LogP contribution >= 0.6 is 0 Å². The molecular formula is C9H18N2O. The van der Waals surface area contributed by atoms with E-state index in [1.54, 1.807) is 0 Å². The molecule has 70 valence electrons. The predicted molar refractivity (Wildman–Crippen MR) is 48.9 cm³/mol. The Hall–Kier alpha value is -0.570. The highest BCUT2D eigenvalue weighted by molar-refractivity contribution is 5.79. The number of amides is 1. The number of hydrogen-bond donors (Lipinski definition) is 1. The van der Waals surface area contributed by atoms with Crippen LogP contribution in [-0.4, -0.2) is 38.0 Å². The quantitative estimate of drug-likeness (QED) is 0.667. The summed E-state index contributed by atoms with van der Waals surface area (Å²) in [5, 5.41) is 3.08. The first-order valence-corrected chi connectivity index (χ1v) is 4.65. The molecule has 3 heteroatoms. The van der Waals surface area contributed by atoms with Gasteiger partial charge in [-0.15, -0.1) is 0 Å². The summed E-state index contributed by atoms with van der Waals surface area (Å²) in [6.45, 7) is 1.89. The van der Waals surface area contributed by atoms with Crippen molar-refractivity contribution in [1.82, 2.24) is 10.2 Å². The monoisotopic (exact) mass is 170 g/mol. The lowest BCUT2D eigenvalue weighted by atomic mass is 9.94. The molecular weight excluding hydrogens is 152 g/mol. The Kier molecular flexibility index (Phi) is 3.53. The summed E-state index contributed by atoms with van der Waals surface area (Å²) < 4.78 is 0. The molecule has 0 aliphatic carbocycles. The SMILES string of the molecule is CNCC[C@@H]1CCCN(C)C1=O. The zero-order valence-corrected chi connectivity index (χ0v) is 7.97. The third kappa shape index (κ3) is 2.21. The van der Waals surface area contributed by atoms with Crippen molar-refractivity contribution in [1.29, 1.82) is 0 Å². The Balaban J connectivity index is 2.36. The molecule has 12 heavy (non-hydrogen) atoms. The molecule has 1 heterocycles. The van der Waals surface area contributed by atoms with Gasteiger partial charge in [-0.1, -0.05) is 0 Å². The van der Waals surface area contributed by atoms with E-state index < -0.39 is 0 Å². The summed E-state index contributed by atoms with van der Waals surface area (Å²) in [5.41, 5.74) is 0. The number of carbonyl (C=O) groups is 1. The number of rotatable bonds is 3. The van der Waals surface area contributed by atoms with Crippen LogP contribution in [0.5, 0.6) is 0 Å². The number of likely N-dealkylation sites (tertiary alicyclic amines) is 1. The first kappa shape index (κ1) is 9.52. The lowest BCUT2D eigenvalue weighted by Crippen LogP contribution is -2.39. The van der Waals surface area contributed by atoms with Gasteiger partial charge in [0.1, 0.15) is 0 Å². The van der Waals surface area contributed by atoms with Gasteiger partial charge in [0, 0.05) is 19.5 Å². The van der Waals surface area contributed by atoms with E-state index in [-0.39, 0.29) is 5.92 Å². The fourth-order valence-corrected chi connectivity index (χ4v) is 1.71. The summed E-state index contributed by atoms with van der Waals surface area (Å²) in [5.74, 6) is 0.604. The smallest absolute Gasteiger partial charge is 0.225 e. The minimum atomic E-state index is 0.274. The lowest BCUT2D eigenvalue weighted by Gasteiger charge is -2.29. The molecule has 1 aliphatic rings. The highest BCUT2D eigenvalue weighted by Crippen LogP contribution is 2.19. The molecule has 0 saturated carbocycles. The van der Waals surface area contributed by atoms with Crippen molar-refractivity contribution in [2.75, 3.05) is 27.2 Å². The molecule has 1 atom stereocenters. The molecule has 1 saturated heterocycles. The van der Waals surface area contributed by atoms with Gasteiger partial charge in [-0.05, 0) is 32.9 Å². The molecule has 1 N–H and O–H groups in total. The van der Waals surface area contributed by atoms with E-state index in [0.29, 0.717) is 5.91 Å². The van der Waals surface area contributed by atoms with Crippen LogP contribution in [-0.2, 0) is 4.79 Å². The standard InChI is InChI=1S/C9H18N2O/c1-10-6-5-8-4-3-7-11(2)9(8)12/h8,10H,3-7H2,1-2H3/t8-/m0/s1. The lowest BCUT2D eigenvalue weighted by molar-refractivity contribution is -0.137. The van der Waals surface area contributed by atoms with E-state index in [1.165, 1.54) is 0 Å². The normalized spacial score (nSPS) is 24.7. The van der Waals surface area contributed by atoms with Crippen LogP contribution in [0.25, 0.3) is 0 Å². The first-order chi connectivity index (χ1) is 5.75. The van der Waals surface area contributed by atoms with Crippen molar-refractivity contribution in [2.45, 2.75) is 19.3 Å². The van der Waals surface area contributed by atoms with Crippen LogP contribution in [0.2, 0.25) is 0 Å². The van der Waals surface area contributed by atoms with Gasteiger partial charge in [0.2, 0.25) is 5.91 Å². The molecule has 0 spiro atoms. The van der Waals surface area contributed by atoms with E-state index in [4.69, 9.17) is 0 Å². The van der Waals surface area contributed by atoms with Gasteiger partial charge in [-0.2, -0.15) is 0 Å². The molecule has 1 rings (SSSR count). The molecule has 0 aromatic heterocycles. The third-order valence-corrected chi connectivity index (χ3v) is 2.51. The summed E-state index contributed by atoms with van der Waals surface area (Å²) in [6.07, 6.45) is 3.22. The highest BCUT2D eigenvalue weighted by Gasteiger charge is 2.25. The van der Waals surface area contributed by atoms with Gasteiger partial charge in [0.25, 0.3) is 0 Å². The van der Waals surface area contributed by atoms with Gasteiger partial charge >= 0.3 is 0 Å². The Labute approximate surface area is 74.1 Å². The Morgan fingerprint density at radius 1 is 1.67 bits per heavy atom. The fraction of sp³-hybridized carbons (Fsp3) is 0.889. The maximum absolute atomic E-state index is 11.5. The molecule has 0 radical (unpaired) electrons. The van der Waals surface area contributed by atoms with Gasteiger partial charge in [-0.25, -0.2) is 0 Å². The average Bonchev–Trinajstić information content (AvgIpc) is 2.08. The molecule has 0 aromatic rings. The summed E-state index contributed by atoms with van der Waals surface area (Å²) in [7, 11) is 3.82. The van der Waals surface area contributed by atoms with Crippen LogP contribution < -0.4 is 5.32 Å². The number of nitrogens with one attached hydrogen (secondary N) is 1. The summed E-state index contributed by atoms with van der Waals surface area (Å²) in [4.78, 5) is 13.4. The average molecular weight is 170 g/mol. The van der Waals surface area contributed by atoms with Gasteiger partial charge in [0.05, 0.1) is 0 Å². The highest BCUT2D eigenvalue weighted by atomic mass is 16.2. The molecule has 1 amide bonds. The number of piperidine rings is 1. The van der Waals surface area contributed by atoms with Crippen molar-refractivity contribution >= 4 is 5.91 Å². The third-order valence-electron chi connectivity index (χ3n) is 2.51. The van der Waals surface area contributed by atoms with Crippen molar-refractivity contribution in [2.24, 2.45) is 5.92 Å². The van der Waals surface area contributed by atoms with E-state index >= 15 is 0 Å². The Bertz CT molecular complexity index is 159. The van der Waals surface area contributed by atoms with Crippen molar-refractivity contribution < 1.29 is 4.79 Å². The second-order valence-corrected chi connectivity index (χ2v) is 3.49. The zero-order valence-electron chi connectivity index (χ0n) is 7.97. The largest absolute Gasteiger partial charge is 0.346 e. The van der Waals surface area contributed by atoms with E-state index in [1.807, 2.05) is 19.0 Å². The van der Waals surface area contributed by atoms with E-state index in [9.17, 15) is 4.79 Å². The zero-order chi connectivity index (χ0) is 8.97. The number of hydrogen-bond acceptors (Lipinski definition) is 2. The minimum Gasteiger partial charge on any atom is -0.346 e. The van der Waals surface area contributed by atoms with E-state index in [0.717, 1.165) is 32.4 Å². The van der Waals surface area contributed by atoms with Gasteiger partial charge in [-0.3, -0.25) is 4.79 Å². The van der Waals surface area contributed by atoms with E-state index in [2.05, 4.69) is 5.32 Å². The summed E-state index contributed by atoms with van der Waals surface area (Å²) >= 11 is 0. The van der Waals surface area contributed by atoms with Crippen LogP contribution in [0.4, 0.5) is 0 Å². The molecule has 1 aliphatic heterocycles. The van der Waals surface area contributed by atoms with Crippen LogP contribution in [0.3, 0.4) is 0 Å². The molecule has 0 aromatic carbocycles. The maximum atomic E-state index is 11.5. The predicted octanol–water partition coefficient (Wildman–Crippen LogP) is 0.464. The molecule has 3 nitrogen and oxygen atoms in total. The maximum Gasteiger partial charge on any atom is 0.225 e. The van der Waals surface area contributed by atoms with Gasteiger partial charge in [0.15, 0.2) is 0 Å². The molecule has 0 bridgehead atoms. The fourth-order valence-electron chi connectivity index (χ4n) is 1.71. The van der Waals surface area contributed by atoms with Crippen molar-refractivity contribution in [3.05, 3.63) is 0 Å². The minimum absolute atomic E-state index is 0.274. The Morgan fingerprint density at radius 2 is 2.42 bits per heavy atom. The number of carbonyl (C=O) groups excluding carboxylic acids is 1. The van der Waals surface area contributed by atoms with Crippen molar-refractivity contribution in [3.8, 4) is 0 Å². The molecule has 1 fully saturated rings. The van der Waals surface area contributed by atoms with Crippen LogP contribution in [0.15, 0.2) is 0 Å². The van der Waals surface area contributed by atoms with Gasteiger partial charge < -0.3 is 10.2 Å². The second-order valence-electron chi connectivity index (χ2n) is 3.49. The summed E-state index contributed by atoms with van der Waals surface area (Å²) in [6, 6.07) is 0. The van der Waals surface area contributed by atoms with Crippen LogP contribution in [0.1, 0.15) is 19.3 Å². The number of nitrogens with zero attached hydrogens (tertiary/aromatic N) is 1.